The van der Waals surface area contributed by atoms with Crippen molar-refractivity contribution in [2.24, 2.45) is 0 Å². The van der Waals surface area contributed by atoms with Gasteiger partial charge in [-0.1, -0.05) is 30.3 Å². The third-order valence-corrected chi connectivity index (χ3v) is 3.35. The Labute approximate surface area is 120 Å². The van der Waals surface area contributed by atoms with E-state index in [1.165, 1.54) is 0 Å². The number of hydrogen-bond donors (Lipinski definition) is 4. The standard InChI is InChI=1S/C12H16NO7P/c14-11(15)10(6-7-21(17,18)19)13-12(16)20-8-9-4-2-1-3-5-9/h1-5,10H,6-8H2,(H,13,16)(H,14,15)(H2,17,18,19). The van der Waals surface area contributed by atoms with Crippen LogP contribution in [0.4, 0.5) is 4.79 Å². The number of ether oxygens (including phenoxy) is 1. The Kier molecular flexibility index (Phi) is 6.36. The predicted molar refractivity (Wildman–Crippen MR) is 72.7 cm³/mol. The maximum absolute atomic E-state index is 11.5. The molecule has 0 bridgehead atoms. The number of carboxylic acid groups (broad SMARTS) is 1. The van der Waals surface area contributed by atoms with Gasteiger partial charge in [-0.3, -0.25) is 4.57 Å². The molecule has 116 valence electrons. The van der Waals surface area contributed by atoms with Gasteiger partial charge in [0.2, 0.25) is 0 Å². The van der Waals surface area contributed by atoms with Gasteiger partial charge >= 0.3 is 19.7 Å². The van der Waals surface area contributed by atoms with Crippen LogP contribution in [0.15, 0.2) is 30.3 Å². The van der Waals surface area contributed by atoms with Crippen LogP contribution in [0.5, 0.6) is 0 Å². The average Bonchev–Trinajstić information content (AvgIpc) is 2.41. The Morgan fingerprint density at radius 1 is 1.24 bits per heavy atom. The first-order valence-corrected chi connectivity index (χ1v) is 7.82. The summed E-state index contributed by atoms with van der Waals surface area (Å²) < 4.78 is 15.5. The van der Waals surface area contributed by atoms with Gasteiger partial charge in [-0.05, 0) is 12.0 Å². The number of aliphatic carboxylic acids is 1. The molecule has 1 aromatic rings. The largest absolute Gasteiger partial charge is 0.480 e. The van der Waals surface area contributed by atoms with Crippen LogP contribution in [0.25, 0.3) is 0 Å². The van der Waals surface area contributed by atoms with Gasteiger partial charge in [0.05, 0.1) is 6.16 Å². The summed E-state index contributed by atoms with van der Waals surface area (Å²) in [4.78, 5) is 39.8. The molecule has 0 aliphatic heterocycles. The Morgan fingerprint density at radius 3 is 2.38 bits per heavy atom. The zero-order valence-corrected chi connectivity index (χ0v) is 11.9. The predicted octanol–water partition coefficient (Wildman–Crippen LogP) is 0.934. The van der Waals surface area contributed by atoms with Gasteiger partial charge in [0.15, 0.2) is 0 Å². The van der Waals surface area contributed by atoms with Crippen molar-refractivity contribution >= 4 is 19.7 Å². The number of carboxylic acids is 1. The van der Waals surface area contributed by atoms with Gasteiger partial charge in [0.25, 0.3) is 0 Å². The average molecular weight is 317 g/mol. The van der Waals surface area contributed by atoms with E-state index in [1.807, 2.05) is 0 Å². The topological polar surface area (TPSA) is 133 Å². The fraction of sp³-hybridized carbons (Fsp3) is 0.333. The summed E-state index contributed by atoms with van der Waals surface area (Å²) in [6, 6.07) is 7.37. The maximum Gasteiger partial charge on any atom is 0.408 e. The number of hydrogen-bond acceptors (Lipinski definition) is 4. The summed E-state index contributed by atoms with van der Waals surface area (Å²) in [6.07, 6.45) is -1.99. The van der Waals surface area contributed by atoms with Crippen molar-refractivity contribution in [1.82, 2.24) is 5.32 Å². The smallest absolute Gasteiger partial charge is 0.408 e. The van der Waals surface area contributed by atoms with Gasteiger partial charge < -0.3 is 24.9 Å². The van der Waals surface area contributed by atoms with Crippen LogP contribution in [0, 0.1) is 0 Å². The fourth-order valence-electron chi connectivity index (χ4n) is 1.46. The molecule has 0 aliphatic carbocycles. The molecule has 1 amide bonds. The van der Waals surface area contributed by atoms with Crippen LogP contribution in [-0.4, -0.2) is 39.2 Å². The number of alkyl carbamates (subject to hydrolysis) is 1. The molecular formula is C12H16NO7P. The van der Waals surface area contributed by atoms with E-state index in [9.17, 15) is 14.2 Å². The third kappa shape index (κ3) is 7.45. The Morgan fingerprint density at radius 2 is 1.86 bits per heavy atom. The molecule has 0 saturated carbocycles. The number of amides is 1. The van der Waals surface area contributed by atoms with Gasteiger partial charge in [-0.25, -0.2) is 9.59 Å². The van der Waals surface area contributed by atoms with Gasteiger partial charge in [-0.15, -0.1) is 0 Å². The van der Waals surface area contributed by atoms with Crippen molar-refractivity contribution in [3.05, 3.63) is 35.9 Å². The van der Waals surface area contributed by atoms with E-state index in [0.717, 1.165) is 5.56 Å². The normalized spacial score (nSPS) is 12.5. The highest BCUT2D eigenvalue weighted by atomic mass is 31.2. The summed E-state index contributed by atoms with van der Waals surface area (Å²) in [5.41, 5.74) is 0.731. The molecule has 1 rings (SSSR count). The number of carbonyl (C=O) groups excluding carboxylic acids is 1. The lowest BCUT2D eigenvalue weighted by Gasteiger charge is -2.14. The Bertz CT molecular complexity index is 528. The lowest BCUT2D eigenvalue weighted by atomic mass is 10.2. The van der Waals surface area contributed by atoms with Crippen molar-refractivity contribution < 1.29 is 33.8 Å². The first kappa shape index (κ1) is 17.2. The highest BCUT2D eigenvalue weighted by molar-refractivity contribution is 7.51. The molecule has 1 unspecified atom stereocenters. The Hall–Kier alpha value is -1.89. The summed E-state index contributed by atoms with van der Waals surface area (Å²) >= 11 is 0. The van der Waals surface area contributed by atoms with Crippen LogP contribution < -0.4 is 5.32 Å². The second kappa shape index (κ2) is 7.78. The second-order valence-corrected chi connectivity index (χ2v) is 6.05. The molecule has 8 nitrogen and oxygen atoms in total. The maximum atomic E-state index is 11.5. The molecule has 0 aromatic heterocycles. The van der Waals surface area contributed by atoms with Gasteiger partial charge in [-0.2, -0.15) is 0 Å². The van der Waals surface area contributed by atoms with E-state index in [4.69, 9.17) is 19.6 Å². The fourth-order valence-corrected chi connectivity index (χ4v) is 2.06. The highest BCUT2D eigenvalue weighted by Gasteiger charge is 2.24. The minimum atomic E-state index is -4.32. The van der Waals surface area contributed by atoms with E-state index < -0.39 is 31.9 Å². The van der Waals surface area contributed by atoms with Crippen molar-refractivity contribution in [3.63, 3.8) is 0 Å². The van der Waals surface area contributed by atoms with Crippen LogP contribution >= 0.6 is 7.60 Å². The lowest BCUT2D eigenvalue weighted by Crippen LogP contribution is -2.41. The summed E-state index contributed by atoms with van der Waals surface area (Å²) in [5.74, 6) is -1.39. The van der Waals surface area contributed by atoms with Crippen LogP contribution in [0.2, 0.25) is 0 Å². The van der Waals surface area contributed by atoms with Crippen LogP contribution in [0.1, 0.15) is 12.0 Å². The Balaban J connectivity index is 2.45. The molecule has 0 radical (unpaired) electrons. The molecule has 0 spiro atoms. The van der Waals surface area contributed by atoms with Crippen LogP contribution in [0.3, 0.4) is 0 Å². The van der Waals surface area contributed by atoms with E-state index in [1.54, 1.807) is 30.3 Å². The molecular weight excluding hydrogens is 301 g/mol. The van der Waals surface area contributed by atoms with Crippen molar-refractivity contribution in [2.45, 2.75) is 19.1 Å². The van der Waals surface area contributed by atoms with Crippen LogP contribution in [-0.2, 0) is 20.7 Å². The van der Waals surface area contributed by atoms with E-state index in [2.05, 4.69) is 5.32 Å². The molecule has 0 saturated heterocycles. The molecule has 1 aromatic carbocycles. The summed E-state index contributed by atoms with van der Waals surface area (Å²) in [6.45, 7) is -0.0303. The number of benzene rings is 1. The molecule has 4 N–H and O–H groups in total. The van der Waals surface area contributed by atoms with Crippen molar-refractivity contribution in [3.8, 4) is 0 Å². The first-order chi connectivity index (χ1) is 9.78. The van der Waals surface area contributed by atoms with Crippen molar-refractivity contribution in [2.75, 3.05) is 6.16 Å². The van der Waals surface area contributed by atoms with Gasteiger partial charge in [0.1, 0.15) is 12.6 Å². The van der Waals surface area contributed by atoms with E-state index >= 15 is 0 Å². The number of nitrogens with one attached hydrogen (secondary N) is 1. The second-order valence-electron chi connectivity index (χ2n) is 4.27. The third-order valence-electron chi connectivity index (χ3n) is 2.51. The number of carbonyl (C=O) groups is 2. The van der Waals surface area contributed by atoms with E-state index in [0.29, 0.717) is 0 Å². The minimum absolute atomic E-state index is 0.0303. The monoisotopic (exact) mass is 317 g/mol. The summed E-state index contributed by atoms with van der Waals surface area (Å²) in [5, 5.41) is 10.9. The first-order valence-electron chi connectivity index (χ1n) is 6.02. The quantitative estimate of drug-likeness (QED) is 0.550. The minimum Gasteiger partial charge on any atom is -0.480 e. The SMILES string of the molecule is O=C(NC(CCP(=O)(O)O)C(=O)O)OCc1ccccc1. The molecule has 0 heterocycles. The van der Waals surface area contributed by atoms with Gasteiger partial charge in [0, 0.05) is 0 Å². The van der Waals surface area contributed by atoms with E-state index in [-0.39, 0.29) is 13.0 Å². The highest BCUT2D eigenvalue weighted by Crippen LogP contribution is 2.35. The summed E-state index contributed by atoms with van der Waals surface area (Å²) in [7, 11) is -4.32. The molecule has 21 heavy (non-hydrogen) atoms. The molecule has 0 aliphatic rings. The molecule has 9 heteroatoms. The molecule has 0 fully saturated rings. The molecule has 1 atom stereocenters. The lowest BCUT2D eigenvalue weighted by molar-refractivity contribution is -0.139. The van der Waals surface area contributed by atoms with Crippen molar-refractivity contribution in [1.29, 1.82) is 0 Å². The zero-order chi connectivity index (χ0) is 15.9. The number of rotatable bonds is 7. The zero-order valence-electron chi connectivity index (χ0n) is 11.0.